The molecule has 0 bridgehead atoms. The van der Waals surface area contributed by atoms with Crippen molar-refractivity contribution in [3.05, 3.63) is 24.4 Å². The highest BCUT2D eigenvalue weighted by Crippen LogP contribution is 2.40. The van der Waals surface area contributed by atoms with E-state index in [-0.39, 0.29) is 5.41 Å². The van der Waals surface area contributed by atoms with Crippen molar-refractivity contribution >= 4 is 27.6 Å². The van der Waals surface area contributed by atoms with E-state index in [1.54, 1.807) is 41.6 Å². The molecule has 106 valence electrons. The molecule has 0 radical (unpaired) electrons. The zero-order valence-electron chi connectivity index (χ0n) is 11.8. The Bertz CT molecular complexity index is 419. The monoisotopic (exact) mass is 299 g/mol. The molecule has 0 aliphatic rings. The summed E-state index contributed by atoms with van der Waals surface area (Å²) >= 11 is 0. The van der Waals surface area contributed by atoms with Gasteiger partial charge in [-0.25, -0.2) is 4.98 Å². The summed E-state index contributed by atoms with van der Waals surface area (Å²) in [7, 11) is 3.37. The van der Waals surface area contributed by atoms with Crippen LogP contribution in [0.25, 0.3) is 0 Å². The summed E-state index contributed by atoms with van der Waals surface area (Å²) in [5.74, 6) is 0.160. The molecule has 0 aromatic carbocycles. The van der Waals surface area contributed by atoms with Crippen LogP contribution >= 0.6 is 21.6 Å². The molecule has 0 spiro atoms. The van der Waals surface area contributed by atoms with Crippen LogP contribution in [-0.2, 0) is 4.79 Å². The van der Waals surface area contributed by atoms with E-state index in [1.165, 1.54) is 0 Å². The fourth-order valence-corrected chi connectivity index (χ4v) is 4.60. The van der Waals surface area contributed by atoms with Crippen LogP contribution in [0, 0.1) is 10.8 Å². The zero-order valence-corrected chi connectivity index (χ0v) is 13.5. The van der Waals surface area contributed by atoms with Gasteiger partial charge in [-0.15, -0.1) is 0 Å². The van der Waals surface area contributed by atoms with E-state index < -0.39 is 11.4 Å². The van der Waals surface area contributed by atoms with Crippen LogP contribution in [0.1, 0.15) is 34.1 Å². The van der Waals surface area contributed by atoms with Crippen LogP contribution in [0.3, 0.4) is 0 Å². The predicted octanol–water partition coefficient (Wildman–Crippen LogP) is 4.35. The Labute approximate surface area is 123 Å². The summed E-state index contributed by atoms with van der Waals surface area (Å²) in [5, 5.41) is 10.2. The van der Waals surface area contributed by atoms with Gasteiger partial charge in [0.1, 0.15) is 5.03 Å². The van der Waals surface area contributed by atoms with E-state index in [1.807, 2.05) is 18.2 Å². The topological polar surface area (TPSA) is 50.2 Å². The Kier molecular flexibility index (Phi) is 5.74. The standard InChI is InChI=1S/C14H21NO2S2/c1-13(2,9-14(3,4)12(16)17)10-18-19-11-7-5-6-8-15-11/h5-8H,9-10H2,1-4H3,(H,16,17). The van der Waals surface area contributed by atoms with Crippen molar-refractivity contribution in [2.45, 2.75) is 39.1 Å². The summed E-state index contributed by atoms with van der Waals surface area (Å²) in [6.45, 7) is 7.80. The fraction of sp³-hybridized carbons (Fsp3) is 0.571. The van der Waals surface area contributed by atoms with Gasteiger partial charge in [0.15, 0.2) is 0 Å². The minimum absolute atomic E-state index is 0.0195. The third-order valence-electron chi connectivity index (χ3n) is 2.73. The maximum Gasteiger partial charge on any atom is 0.309 e. The Morgan fingerprint density at radius 2 is 2.00 bits per heavy atom. The van der Waals surface area contributed by atoms with Crippen molar-refractivity contribution in [3.8, 4) is 0 Å². The smallest absolute Gasteiger partial charge is 0.309 e. The number of hydrogen-bond donors (Lipinski definition) is 1. The highest BCUT2D eigenvalue weighted by atomic mass is 33.1. The molecule has 0 fully saturated rings. The van der Waals surface area contributed by atoms with Crippen LogP contribution in [0.4, 0.5) is 0 Å². The number of rotatable bonds is 7. The number of aromatic nitrogens is 1. The summed E-state index contributed by atoms with van der Waals surface area (Å²) in [6.07, 6.45) is 2.44. The van der Waals surface area contributed by atoms with Crippen LogP contribution in [0.2, 0.25) is 0 Å². The largest absolute Gasteiger partial charge is 0.481 e. The number of aliphatic carboxylic acids is 1. The lowest BCUT2D eigenvalue weighted by Crippen LogP contribution is -2.31. The molecule has 0 unspecified atom stereocenters. The van der Waals surface area contributed by atoms with E-state index in [0.717, 1.165) is 10.8 Å². The van der Waals surface area contributed by atoms with Crippen molar-refractivity contribution in [3.63, 3.8) is 0 Å². The molecule has 1 aromatic rings. The number of pyridine rings is 1. The Balaban J connectivity index is 2.45. The average Bonchev–Trinajstić information content (AvgIpc) is 2.28. The molecule has 0 saturated heterocycles. The van der Waals surface area contributed by atoms with Gasteiger partial charge in [0.2, 0.25) is 0 Å². The molecule has 1 heterocycles. The highest BCUT2D eigenvalue weighted by molar-refractivity contribution is 8.76. The van der Waals surface area contributed by atoms with Gasteiger partial charge in [0.05, 0.1) is 5.41 Å². The van der Waals surface area contributed by atoms with Crippen molar-refractivity contribution in [1.82, 2.24) is 4.98 Å². The van der Waals surface area contributed by atoms with Gasteiger partial charge in [-0.1, -0.05) is 30.7 Å². The molecule has 1 rings (SSSR count). The third kappa shape index (κ3) is 5.87. The molecule has 3 nitrogen and oxygen atoms in total. The first-order chi connectivity index (χ1) is 8.73. The van der Waals surface area contributed by atoms with Crippen molar-refractivity contribution in [2.75, 3.05) is 5.75 Å². The first-order valence-corrected chi connectivity index (χ1v) is 8.49. The molecule has 0 aliphatic heterocycles. The molecule has 0 atom stereocenters. The molecular formula is C14H21NO2S2. The lowest BCUT2D eigenvalue weighted by Gasteiger charge is -2.31. The first kappa shape index (κ1) is 16.4. The number of carbonyl (C=O) groups is 1. The summed E-state index contributed by atoms with van der Waals surface area (Å²) in [6, 6.07) is 5.84. The van der Waals surface area contributed by atoms with Gasteiger partial charge >= 0.3 is 5.97 Å². The molecule has 1 N–H and O–H groups in total. The third-order valence-corrected chi connectivity index (χ3v) is 5.38. The second kappa shape index (κ2) is 6.66. The first-order valence-electron chi connectivity index (χ1n) is 6.17. The van der Waals surface area contributed by atoms with Gasteiger partial charge in [-0.2, -0.15) is 0 Å². The predicted molar refractivity (Wildman–Crippen MR) is 82.4 cm³/mol. The fourth-order valence-electron chi connectivity index (χ4n) is 1.97. The zero-order chi connectivity index (χ0) is 14.5. The molecule has 19 heavy (non-hydrogen) atoms. The average molecular weight is 299 g/mol. The van der Waals surface area contributed by atoms with Crippen LogP contribution < -0.4 is 0 Å². The Hall–Kier alpha value is -0.680. The van der Waals surface area contributed by atoms with E-state index in [4.69, 9.17) is 0 Å². The Morgan fingerprint density at radius 3 is 2.53 bits per heavy atom. The number of nitrogens with zero attached hydrogens (tertiary/aromatic N) is 1. The van der Waals surface area contributed by atoms with E-state index in [2.05, 4.69) is 18.8 Å². The number of carboxylic acids is 1. The van der Waals surface area contributed by atoms with Crippen molar-refractivity contribution < 1.29 is 9.90 Å². The lowest BCUT2D eigenvalue weighted by molar-refractivity contribution is -0.148. The van der Waals surface area contributed by atoms with Crippen LogP contribution in [-0.4, -0.2) is 21.8 Å². The van der Waals surface area contributed by atoms with Gasteiger partial charge < -0.3 is 5.11 Å². The number of hydrogen-bond acceptors (Lipinski definition) is 4. The normalized spacial score (nSPS) is 12.4. The second-order valence-corrected chi connectivity index (χ2v) is 8.36. The minimum atomic E-state index is -0.733. The molecule has 0 aliphatic carbocycles. The SMILES string of the molecule is CC(C)(CSSc1ccccn1)CC(C)(C)C(=O)O. The van der Waals surface area contributed by atoms with E-state index in [0.29, 0.717) is 6.42 Å². The maximum atomic E-state index is 11.2. The quantitative estimate of drug-likeness (QED) is 0.759. The van der Waals surface area contributed by atoms with Gasteiger partial charge in [-0.3, -0.25) is 4.79 Å². The number of carboxylic acid groups (broad SMARTS) is 1. The van der Waals surface area contributed by atoms with Crippen molar-refractivity contribution in [1.29, 1.82) is 0 Å². The highest BCUT2D eigenvalue weighted by Gasteiger charge is 2.34. The maximum absolute atomic E-state index is 11.2. The van der Waals surface area contributed by atoms with Crippen molar-refractivity contribution in [2.24, 2.45) is 10.8 Å². The molecule has 1 aromatic heterocycles. The molecule has 0 amide bonds. The lowest BCUT2D eigenvalue weighted by atomic mass is 9.76. The minimum Gasteiger partial charge on any atom is -0.481 e. The molecular weight excluding hydrogens is 278 g/mol. The second-order valence-electron chi connectivity index (χ2n) is 6.04. The summed E-state index contributed by atoms with van der Waals surface area (Å²) < 4.78 is 0. The van der Waals surface area contributed by atoms with Gasteiger partial charge in [0.25, 0.3) is 0 Å². The summed E-state index contributed by atoms with van der Waals surface area (Å²) in [5.41, 5.74) is -0.700. The van der Waals surface area contributed by atoms with Crippen LogP contribution in [0.5, 0.6) is 0 Å². The molecule has 5 heteroatoms. The van der Waals surface area contributed by atoms with Gasteiger partial charge in [0, 0.05) is 11.9 Å². The van der Waals surface area contributed by atoms with Gasteiger partial charge in [-0.05, 0) is 48.6 Å². The molecule has 0 saturated carbocycles. The Morgan fingerprint density at radius 1 is 1.32 bits per heavy atom. The van der Waals surface area contributed by atoms with Crippen LogP contribution in [0.15, 0.2) is 29.4 Å². The summed E-state index contributed by atoms with van der Waals surface area (Å²) in [4.78, 5) is 15.4. The van der Waals surface area contributed by atoms with E-state index in [9.17, 15) is 9.90 Å². The van der Waals surface area contributed by atoms with E-state index >= 15 is 0 Å².